The van der Waals surface area contributed by atoms with Crippen LogP contribution in [0.4, 0.5) is 0 Å². The number of benzene rings is 1. The third kappa shape index (κ3) is 1.65. The van der Waals surface area contributed by atoms with Gasteiger partial charge in [-0.05, 0) is 24.6 Å². The average molecular weight is 263 g/mol. The van der Waals surface area contributed by atoms with Gasteiger partial charge in [0.15, 0.2) is 0 Å². The Labute approximate surface area is 115 Å². The summed E-state index contributed by atoms with van der Waals surface area (Å²) in [5.41, 5.74) is 2.67. The van der Waals surface area contributed by atoms with E-state index in [1.807, 2.05) is 30.5 Å². The van der Waals surface area contributed by atoms with Crippen LogP contribution in [0.15, 0.2) is 41.5 Å². The molecule has 0 unspecified atom stereocenters. The van der Waals surface area contributed by atoms with Crippen molar-refractivity contribution in [1.82, 2.24) is 15.0 Å². The molecule has 2 aromatic heterocycles. The summed E-state index contributed by atoms with van der Waals surface area (Å²) in [6.45, 7) is 0. The summed E-state index contributed by atoms with van der Waals surface area (Å²) in [4.78, 5) is 23.9. The van der Waals surface area contributed by atoms with E-state index >= 15 is 0 Å². The zero-order valence-corrected chi connectivity index (χ0v) is 10.9. The smallest absolute Gasteiger partial charge is 0.254 e. The number of fused-ring (bicyclic) bond motifs is 2. The van der Waals surface area contributed by atoms with Crippen LogP contribution in [0, 0.1) is 0 Å². The van der Waals surface area contributed by atoms with E-state index in [4.69, 9.17) is 0 Å². The molecule has 1 aliphatic rings. The summed E-state index contributed by atoms with van der Waals surface area (Å²) in [5, 5.41) is 2.11. The molecule has 0 fully saturated rings. The van der Waals surface area contributed by atoms with Gasteiger partial charge in [0.05, 0.1) is 5.69 Å². The monoisotopic (exact) mass is 263 g/mol. The highest BCUT2D eigenvalue weighted by Gasteiger charge is 2.18. The molecule has 1 N–H and O–H groups in total. The maximum atomic E-state index is 12.1. The first kappa shape index (κ1) is 11.3. The molecule has 0 amide bonds. The lowest BCUT2D eigenvalue weighted by molar-refractivity contribution is 0.899. The molecular formula is C16H13N3O. The van der Waals surface area contributed by atoms with Gasteiger partial charge in [-0.25, -0.2) is 4.98 Å². The SMILES string of the molecule is O=c1[nH]c(-c2cncc3ccccc23)nc2c1CCC2. The van der Waals surface area contributed by atoms with Crippen molar-refractivity contribution in [2.45, 2.75) is 19.3 Å². The Morgan fingerprint density at radius 2 is 2.00 bits per heavy atom. The first-order valence-corrected chi connectivity index (χ1v) is 6.78. The van der Waals surface area contributed by atoms with E-state index in [0.29, 0.717) is 5.82 Å². The summed E-state index contributed by atoms with van der Waals surface area (Å²) in [5.74, 6) is 0.625. The fraction of sp³-hybridized carbons (Fsp3) is 0.188. The fourth-order valence-electron chi connectivity index (χ4n) is 2.87. The number of hydrogen-bond donors (Lipinski definition) is 1. The molecule has 1 aliphatic carbocycles. The lowest BCUT2D eigenvalue weighted by Crippen LogP contribution is -2.15. The van der Waals surface area contributed by atoms with Crippen LogP contribution in [0.2, 0.25) is 0 Å². The van der Waals surface area contributed by atoms with Gasteiger partial charge < -0.3 is 4.98 Å². The molecule has 20 heavy (non-hydrogen) atoms. The number of H-pyrrole nitrogens is 1. The molecule has 0 saturated carbocycles. The Bertz CT molecular complexity index is 862. The minimum absolute atomic E-state index is 0.00423. The van der Waals surface area contributed by atoms with Crippen molar-refractivity contribution in [3.8, 4) is 11.4 Å². The van der Waals surface area contributed by atoms with E-state index < -0.39 is 0 Å². The zero-order valence-electron chi connectivity index (χ0n) is 10.9. The van der Waals surface area contributed by atoms with Crippen molar-refractivity contribution in [2.75, 3.05) is 0 Å². The highest BCUT2D eigenvalue weighted by molar-refractivity contribution is 5.94. The molecule has 0 radical (unpaired) electrons. The van der Waals surface area contributed by atoms with E-state index in [1.54, 1.807) is 6.20 Å². The molecule has 4 rings (SSSR count). The molecule has 4 nitrogen and oxygen atoms in total. The summed E-state index contributed by atoms with van der Waals surface area (Å²) in [7, 11) is 0. The van der Waals surface area contributed by atoms with Crippen molar-refractivity contribution in [3.05, 3.63) is 58.3 Å². The second-order valence-electron chi connectivity index (χ2n) is 5.10. The number of pyridine rings is 1. The van der Waals surface area contributed by atoms with Gasteiger partial charge in [-0.1, -0.05) is 24.3 Å². The van der Waals surface area contributed by atoms with Crippen LogP contribution in [0.5, 0.6) is 0 Å². The third-order valence-electron chi connectivity index (χ3n) is 3.86. The highest BCUT2D eigenvalue weighted by atomic mass is 16.1. The molecule has 2 heterocycles. The van der Waals surface area contributed by atoms with Crippen LogP contribution < -0.4 is 5.56 Å². The van der Waals surface area contributed by atoms with Crippen LogP contribution in [-0.2, 0) is 12.8 Å². The molecule has 98 valence electrons. The summed E-state index contributed by atoms with van der Waals surface area (Å²) < 4.78 is 0. The van der Waals surface area contributed by atoms with Gasteiger partial charge in [0.2, 0.25) is 0 Å². The quantitative estimate of drug-likeness (QED) is 0.733. The minimum Gasteiger partial charge on any atom is -0.306 e. The lowest BCUT2D eigenvalue weighted by Gasteiger charge is -2.07. The molecule has 1 aromatic carbocycles. The van der Waals surface area contributed by atoms with Crippen molar-refractivity contribution >= 4 is 10.8 Å². The lowest BCUT2D eigenvalue weighted by atomic mass is 10.1. The van der Waals surface area contributed by atoms with Gasteiger partial charge in [0, 0.05) is 28.9 Å². The van der Waals surface area contributed by atoms with E-state index in [-0.39, 0.29) is 5.56 Å². The van der Waals surface area contributed by atoms with Crippen LogP contribution >= 0.6 is 0 Å². The number of aryl methyl sites for hydroxylation is 1. The fourth-order valence-corrected chi connectivity index (χ4v) is 2.87. The van der Waals surface area contributed by atoms with Gasteiger partial charge >= 0.3 is 0 Å². The van der Waals surface area contributed by atoms with Crippen molar-refractivity contribution in [2.24, 2.45) is 0 Å². The molecule has 3 aromatic rings. The molecule has 0 saturated heterocycles. The summed E-state index contributed by atoms with van der Waals surface area (Å²) in [6, 6.07) is 8.00. The maximum Gasteiger partial charge on any atom is 0.254 e. The number of nitrogens with one attached hydrogen (secondary N) is 1. The van der Waals surface area contributed by atoms with Crippen molar-refractivity contribution in [3.63, 3.8) is 0 Å². The summed E-state index contributed by atoms with van der Waals surface area (Å²) >= 11 is 0. The standard InChI is InChI=1S/C16H13N3O/c20-16-12-6-3-7-14(12)18-15(19-16)13-9-17-8-10-4-1-2-5-11(10)13/h1-2,4-5,8-9H,3,6-7H2,(H,18,19,20). The molecule has 0 aliphatic heterocycles. The van der Waals surface area contributed by atoms with Crippen LogP contribution in [0.25, 0.3) is 22.2 Å². The minimum atomic E-state index is -0.00423. The van der Waals surface area contributed by atoms with E-state index in [9.17, 15) is 4.79 Å². The largest absolute Gasteiger partial charge is 0.306 e. The van der Waals surface area contributed by atoms with Gasteiger partial charge in [-0.3, -0.25) is 9.78 Å². The molecule has 4 heteroatoms. The highest BCUT2D eigenvalue weighted by Crippen LogP contribution is 2.26. The second-order valence-corrected chi connectivity index (χ2v) is 5.10. The van der Waals surface area contributed by atoms with E-state index in [0.717, 1.165) is 46.9 Å². The van der Waals surface area contributed by atoms with Gasteiger partial charge in [0.25, 0.3) is 5.56 Å². The predicted molar refractivity (Wildman–Crippen MR) is 77.6 cm³/mol. The van der Waals surface area contributed by atoms with Crippen molar-refractivity contribution < 1.29 is 0 Å². The van der Waals surface area contributed by atoms with Crippen LogP contribution in [-0.4, -0.2) is 15.0 Å². The van der Waals surface area contributed by atoms with Gasteiger partial charge in [-0.15, -0.1) is 0 Å². The number of rotatable bonds is 1. The molecule has 0 atom stereocenters. The maximum absolute atomic E-state index is 12.1. The van der Waals surface area contributed by atoms with Gasteiger partial charge in [0.1, 0.15) is 5.82 Å². The van der Waals surface area contributed by atoms with E-state index in [2.05, 4.69) is 15.0 Å². The number of aromatic amines is 1. The van der Waals surface area contributed by atoms with Gasteiger partial charge in [-0.2, -0.15) is 0 Å². The van der Waals surface area contributed by atoms with Crippen LogP contribution in [0.1, 0.15) is 17.7 Å². The predicted octanol–water partition coefficient (Wildman–Crippen LogP) is 2.47. The second kappa shape index (κ2) is 4.27. The zero-order chi connectivity index (χ0) is 13.5. The Kier molecular flexibility index (Phi) is 2.42. The third-order valence-corrected chi connectivity index (χ3v) is 3.86. The summed E-state index contributed by atoms with van der Waals surface area (Å²) in [6.07, 6.45) is 6.34. The number of aromatic nitrogens is 3. The van der Waals surface area contributed by atoms with E-state index in [1.165, 1.54) is 0 Å². The normalized spacial score (nSPS) is 13.6. The Balaban J connectivity index is 2.01. The molecule has 0 spiro atoms. The first-order chi connectivity index (χ1) is 9.83. The average Bonchev–Trinajstić information content (AvgIpc) is 2.95. The Morgan fingerprint density at radius 1 is 1.10 bits per heavy atom. The van der Waals surface area contributed by atoms with Crippen LogP contribution in [0.3, 0.4) is 0 Å². The topological polar surface area (TPSA) is 58.6 Å². The Hall–Kier alpha value is -2.49. The Morgan fingerprint density at radius 3 is 2.95 bits per heavy atom. The number of nitrogens with zero attached hydrogens (tertiary/aromatic N) is 2. The molecular weight excluding hydrogens is 250 g/mol. The van der Waals surface area contributed by atoms with Crippen molar-refractivity contribution in [1.29, 1.82) is 0 Å². The number of hydrogen-bond acceptors (Lipinski definition) is 3. The first-order valence-electron chi connectivity index (χ1n) is 6.78. The molecule has 0 bridgehead atoms.